The summed E-state index contributed by atoms with van der Waals surface area (Å²) in [6.45, 7) is 1.19. The van der Waals surface area contributed by atoms with Gasteiger partial charge in [0.1, 0.15) is 5.82 Å². The van der Waals surface area contributed by atoms with Gasteiger partial charge in [-0.3, -0.25) is 4.79 Å². The van der Waals surface area contributed by atoms with Crippen molar-refractivity contribution in [1.29, 1.82) is 0 Å². The first-order valence-electron chi connectivity index (χ1n) is 5.01. The molecule has 0 fully saturated rings. The predicted octanol–water partition coefficient (Wildman–Crippen LogP) is 1.84. The summed E-state index contributed by atoms with van der Waals surface area (Å²) in [4.78, 5) is 10.3. The third kappa shape index (κ3) is 3.51. The Balaban J connectivity index is 2.64. The van der Waals surface area contributed by atoms with Crippen LogP contribution in [0.4, 0.5) is 15.8 Å². The first kappa shape index (κ1) is 12.4. The zero-order valence-corrected chi connectivity index (χ0v) is 9.13. The van der Waals surface area contributed by atoms with Crippen molar-refractivity contribution in [3.63, 3.8) is 0 Å². The number of carbonyl (C=O) groups excluding carboxylic acids is 1. The number of methoxy groups -OCH3 is 1. The monoisotopic (exact) mass is 226 g/mol. The largest absolute Gasteiger partial charge is 0.385 e. The summed E-state index contributed by atoms with van der Waals surface area (Å²) in [5.41, 5.74) is 0.748. The Kier molecular flexibility index (Phi) is 5.28. The van der Waals surface area contributed by atoms with Gasteiger partial charge < -0.3 is 15.4 Å². The highest BCUT2D eigenvalue weighted by Gasteiger charge is 2.06. The first-order chi connectivity index (χ1) is 7.79. The molecule has 1 amide bonds. The van der Waals surface area contributed by atoms with Crippen LogP contribution in [0.25, 0.3) is 0 Å². The van der Waals surface area contributed by atoms with Gasteiger partial charge in [0.2, 0.25) is 6.41 Å². The second-order valence-corrected chi connectivity index (χ2v) is 3.20. The summed E-state index contributed by atoms with van der Waals surface area (Å²) in [7, 11) is 1.61. The number of ether oxygens (including phenoxy) is 1. The lowest BCUT2D eigenvalue weighted by Gasteiger charge is -2.11. The second kappa shape index (κ2) is 6.79. The van der Waals surface area contributed by atoms with Crippen LogP contribution in [0, 0.1) is 5.82 Å². The highest BCUT2D eigenvalue weighted by molar-refractivity contribution is 5.80. The van der Waals surface area contributed by atoms with E-state index in [-0.39, 0.29) is 5.82 Å². The van der Waals surface area contributed by atoms with Crippen molar-refractivity contribution in [3.8, 4) is 0 Å². The number of benzene rings is 1. The van der Waals surface area contributed by atoms with Crippen LogP contribution in [-0.2, 0) is 9.53 Å². The Morgan fingerprint density at radius 2 is 2.31 bits per heavy atom. The van der Waals surface area contributed by atoms with Crippen molar-refractivity contribution < 1.29 is 13.9 Å². The minimum Gasteiger partial charge on any atom is -0.385 e. The van der Waals surface area contributed by atoms with Gasteiger partial charge in [-0.15, -0.1) is 0 Å². The van der Waals surface area contributed by atoms with Gasteiger partial charge in [0.25, 0.3) is 0 Å². The van der Waals surface area contributed by atoms with E-state index in [1.54, 1.807) is 19.2 Å². The van der Waals surface area contributed by atoms with Gasteiger partial charge in [-0.2, -0.15) is 0 Å². The van der Waals surface area contributed by atoms with E-state index in [0.29, 0.717) is 30.9 Å². The lowest BCUT2D eigenvalue weighted by Crippen LogP contribution is -2.09. The van der Waals surface area contributed by atoms with Gasteiger partial charge in [-0.25, -0.2) is 4.39 Å². The summed E-state index contributed by atoms with van der Waals surface area (Å²) in [6, 6.07) is 4.52. The number of hydrogen-bond acceptors (Lipinski definition) is 3. The van der Waals surface area contributed by atoms with Crippen LogP contribution in [0.3, 0.4) is 0 Å². The fourth-order valence-corrected chi connectivity index (χ4v) is 1.32. The highest BCUT2D eigenvalue weighted by atomic mass is 19.1. The zero-order chi connectivity index (χ0) is 11.8. The first-order valence-corrected chi connectivity index (χ1v) is 5.01. The topological polar surface area (TPSA) is 50.4 Å². The number of anilines is 2. The van der Waals surface area contributed by atoms with E-state index < -0.39 is 0 Å². The molecule has 16 heavy (non-hydrogen) atoms. The van der Waals surface area contributed by atoms with E-state index in [2.05, 4.69) is 10.6 Å². The minimum absolute atomic E-state index is 0.311. The van der Waals surface area contributed by atoms with Crippen LogP contribution in [0.5, 0.6) is 0 Å². The molecule has 0 saturated heterocycles. The van der Waals surface area contributed by atoms with Gasteiger partial charge in [0.15, 0.2) is 0 Å². The van der Waals surface area contributed by atoms with Gasteiger partial charge in [-0.1, -0.05) is 6.07 Å². The third-order valence-corrected chi connectivity index (χ3v) is 2.06. The van der Waals surface area contributed by atoms with Gasteiger partial charge >= 0.3 is 0 Å². The number of amides is 1. The second-order valence-electron chi connectivity index (χ2n) is 3.20. The van der Waals surface area contributed by atoms with Crippen LogP contribution in [0.15, 0.2) is 18.2 Å². The molecule has 0 aliphatic rings. The lowest BCUT2D eigenvalue weighted by molar-refractivity contribution is -0.105. The van der Waals surface area contributed by atoms with E-state index in [9.17, 15) is 9.18 Å². The average Bonchev–Trinajstić information content (AvgIpc) is 2.28. The van der Waals surface area contributed by atoms with Crippen LogP contribution in [-0.4, -0.2) is 26.7 Å². The van der Waals surface area contributed by atoms with Gasteiger partial charge in [-0.05, 0) is 18.6 Å². The predicted molar refractivity (Wildman–Crippen MR) is 61.1 cm³/mol. The van der Waals surface area contributed by atoms with E-state index in [4.69, 9.17) is 4.74 Å². The Morgan fingerprint density at radius 3 is 3.00 bits per heavy atom. The Hall–Kier alpha value is -1.62. The van der Waals surface area contributed by atoms with E-state index >= 15 is 0 Å². The average molecular weight is 226 g/mol. The van der Waals surface area contributed by atoms with Crippen LogP contribution >= 0.6 is 0 Å². The Morgan fingerprint density at radius 1 is 1.50 bits per heavy atom. The molecule has 1 aromatic rings. The molecule has 88 valence electrons. The SMILES string of the molecule is COCCCNc1c(F)cccc1NC=O. The fraction of sp³-hybridized carbons (Fsp3) is 0.364. The fourth-order valence-electron chi connectivity index (χ4n) is 1.32. The van der Waals surface area contributed by atoms with E-state index in [1.807, 2.05) is 0 Å². The molecule has 0 saturated carbocycles. The molecule has 0 atom stereocenters. The minimum atomic E-state index is -0.385. The Bertz CT molecular complexity index is 345. The molecule has 4 nitrogen and oxygen atoms in total. The number of hydrogen-bond donors (Lipinski definition) is 2. The molecule has 0 aliphatic heterocycles. The zero-order valence-electron chi connectivity index (χ0n) is 9.13. The van der Waals surface area contributed by atoms with Crippen LogP contribution in [0.1, 0.15) is 6.42 Å². The molecule has 0 heterocycles. The molecule has 0 radical (unpaired) electrons. The molecule has 0 unspecified atom stereocenters. The Labute approximate surface area is 93.8 Å². The quantitative estimate of drug-likeness (QED) is 0.551. The maximum atomic E-state index is 13.4. The standard InChI is InChI=1S/C11H15FN2O2/c1-16-7-3-6-13-11-9(12)4-2-5-10(11)14-8-15/h2,4-5,8,13H,3,6-7H2,1H3,(H,14,15). The van der Waals surface area contributed by atoms with Gasteiger partial charge in [0.05, 0.1) is 11.4 Å². The van der Waals surface area contributed by atoms with Gasteiger partial charge in [0, 0.05) is 20.3 Å². The molecule has 5 heteroatoms. The molecule has 0 aliphatic carbocycles. The third-order valence-electron chi connectivity index (χ3n) is 2.06. The summed E-state index contributed by atoms with van der Waals surface area (Å²) >= 11 is 0. The molecule has 0 spiro atoms. The molecule has 0 bridgehead atoms. The molecule has 0 aromatic heterocycles. The summed E-state index contributed by atoms with van der Waals surface area (Å²) < 4.78 is 18.3. The van der Waals surface area contributed by atoms with Crippen molar-refractivity contribution in [3.05, 3.63) is 24.0 Å². The molecule has 1 aromatic carbocycles. The number of halogens is 1. The van der Waals surface area contributed by atoms with Crippen molar-refractivity contribution in [2.75, 3.05) is 30.9 Å². The number of carbonyl (C=O) groups is 1. The number of rotatable bonds is 7. The smallest absolute Gasteiger partial charge is 0.211 e. The molecule has 2 N–H and O–H groups in total. The highest BCUT2D eigenvalue weighted by Crippen LogP contribution is 2.24. The summed E-state index contributed by atoms with van der Waals surface area (Å²) in [5.74, 6) is -0.385. The summed E-state index contributed by atoms with van der Waals surface area (Å²) in [5, 5.41) is 5.37. The lowest BCUT2D eigenvalue weighted by atomic mass is 10.2. The van der Waals surface area contributed by atoms with E-state index in [0.717, 1.165) is 6.42 Å². The van der Waals surface area contributed by atoms with Crippen molar-refractivity contribution in [2.24, 2.45) is 0 Å². The normalized spacial score (nSPS) is 9.88. The van der Waals surface area contributed by atoms with Crippen LogP contribution < -0.4 is 10.6 Å². The maximum absolute atomic E-state index is 13.4. The molecular formula is C11H15FN2O2. The number of nitrogens with one attached hydrogen (secondary N) is 2. The number of para-hydroxylation sites is 1. The molecular weight excluding hydrogens is 211 g/mol. The van der Waals surface area contributed by atoms with Crippen LogP contribution in [0.2, 0.25) is 0 Å². The van der Waals surface area contributed by atoms with Crippen molar-refractivity contribution >= 4 is 17.8 Å². The maximum Gasteiger partial charge on any atom is 0.211 e. The molecule has 1 rings (SSSR count). The van der Waals surface area contributed by atoms with E-state index in [1.165, 1.54) is 6.07 Å². The van der Waals surface area contributed by atoms with Crippen molar-refractivity contribution in [1.82, 2.24) is 0 Å². The summed E-state index contributed by atoms with van der Waals surface area (Å²) in [6.07, 6.45) is 1.29. The van der Waals surface area contributed by atoms with Crippen molar-refractivity contribution in [2.45, 2.75) is 6.42 Å².